The van der Waals surface area contributed by atoms with Gasteiger partial charge in [0, 0.05) is 29.7 Å². The Labute approximate surface area is 137 Å². The number of halogens is 1. The van der Waals surface area contributed by atoms with Crippen molar-refractivity contribution in [3.63, 3.8) is 0 Å². The van der Waals surface area contributed by atoms with E-state index >= 15 is 0 Å². The van der Waals surface area contributed by atoms with Gasteiger partial charge in [0.1, 0.15) is 17.6 Å². The molecule has 3 heterocycles. The van der Waals surface area contributed by atoms with E-state index in [1.807, 2.05) is 18.2 Å². The molecule has 4 rings (SSSR count). The Bertz CT molecular complexity index is 1060. The van der Waals surface area contributed by atoms with Crippen LogP contribution in [0, 0.1) is 17.1 Å². The standard InChI is InChI=1S/C19H11FN4/c20-16-4-2-15(3-5-16)19-18(14-7-9-22-10-8-14)17-6-1-13(11-21)12-24(17)23-19/h1-10,12H. The van der Waals surface area contributed by atoms with E-state index in [9.17, 15) is 4.39 Å². The molecular formula is C19H11FN4. The summed E-state index contributed by atoms with van der Waals surface area (Å²) in [4.78, 5) is 4.06. The molecule has 0 atom stereocenters. The first kappa shape index (κ1) is 14.1. The fraction of sp³-hybridized carbons (Fsp3) is 0. The smallest absolute Gasteiger partial charge is 0.123 e. The lowest BCUT2D eigenvalue weighted by Crippen LogP contribution is -1.88. The highest BCUT2D eigenvalue weighted by molar-refractivity contribution is 5.92. The lowest BCUT2D eigenvalue weighted by Gasteiger charge is -2.03. The van der Waals surface area contributed by atoms with Gasteiger partial charge in [0.15, 0.2) is 0 Å². The molecule has 0 bridgehead atoms. The van der Waals surface area contributed by atoms with Crippen molar-refractivity contribution in [2.24, 2.45) is 0 Å². The van der Waals surface area contributed by atoms with Crippen LogP contribution in [0.3, 0.4) is 0 Å². The Kier molecular flexibility index (Phi) is 3.29. The second-order valence-corrected chi connectivity index (χ2v) is 5.33. The van der Waals surface area contributed by atoms with Gasteiger partial charge in [-0.15, -0.1) is 0 Å². The predicted octanol–water partition coefficient (Wildman–Crippen LogP) is 4.07. The molecule has 24 heavy (non-hydrogen) atoms. The zero-order chi connectivity index (χ0) is 16.5. The highest BCUT2D eigenvalue weighted by Crippen LogP contribution is 2.35. The van der Waals surface area contributed by atoms with Crippen molar-refractivity contribution in [3.8, 4) is 28.5 Å². The average Bonchev–Trinajstić information content (AvgIpc) is 3.01. The van der Waals surface area contributed by atoms with Gasteiger partial charge in [0.25, 0.3) is 0 Å². The Hall–Kier alpha value is -3.52. The molecule has 0 N–H and O–H groups in total. The summed E-state index contributed by atoms with van der Waals surface area (Å²) >= 11 is 0. The topological polar surface area (TPSA) is 54.0 Å². The van der Waals surface area contributed by atoms with Gasteiger partial charge in [-0.2, -0.15) is 10.4 Å². The molecule has 0 saturated carbocycles. The first-order valence-electron chi connectivity index (χ1n) is 7.35. The van der Waals surface area contributed by atoms with E-state index in [1.54, 1.807) is 41.3 Å². The van der Waals surface area contributed by atoms with E-state index in [0.717, 1.165) is 27.9 Å². The van der Waals surface area contributed by atoms with Gasteiger partial charge in [-0.25, -0.2) is 8.91 Å². The van der Waals surface area contributed by atoms with Gasteiger partial charge in [0.2, 0.25) is 0 Å². The molecule has 0 amide bonds. The van der Waals surface area contributed by atoms with Gasteiger partial charge in [-0.1, -0.05) is 0 Å². The minimum absolute atomic E-state index is 0.292. The normalized spacial score (nSPS) is 10.7. The maximum atomic E-state index is 13.3. The highest BCUT2D eigenvalue weighted by Gasteiger charge is 2.16. The van der Waals surface area contributed by atoms with Crippen LogP contribution in [-0.2, 0) is 0 Å². The Morgan fingerprint density at radius 1 is 0.917 bits per heavy atom. The Morgan fingerprint density at radius 2 is 1.67 bits per heavy atom. The third-order valence-corrected chi connectivity index (χ3v) is 3.85. The van der Waals surface area contributed by atoms with Crippen molar-refractivity contribution >= 4 is 5.52 Å². The molecular weight excluding hydrogens is 303 g/mol. The predicted molar refractivity (Wildman–Crippen MR) is 88.5 cm³/mol. The van der Waals surface area contributed by atoms with Crippen molar-refractivity contribution < 1.29 is 4.39 Å². The second kappa shape index (κ2) is 5.60. The van der Waals surface area contributed by atoms with Crippen LogP contribution in [0.1, 0.15) is 5.56 Å². The molecule has 5 heteroatoms. The first-order valence-corrected chi connectivity index (χ1v) is 7.35. The number of hydrogen-bond donors (Lipinski definition) is 0. The molecule has 0 aliphatic rings. The molecule has 0 aliphatic carbocycles. The van der Waals surface area contributed by atoms with Crippen molar-refractivity contribution in [2.75, 3.05) is 0 Å². The summed E-state index contributed by atoms with van der Waals surface area (Å²) in [6.45, 7) is 0. The number of pyridine rings is 2. The summed E-state index contributed by atoms with van der Waals surface area (Å²) in [6, 6.07) is 15.8. The molecule has 4 nitrogen and oxygen atoms in total. The summed E-state index contributed by atoms with van der Waals surface area (Å²) in [5, 5.41) is 13.7. The van der Waals surface area contributed by atoms with Crippen molar-refractivity contribution in [1.29, 1.82) is 5.26 Å². The number of aromatic nitrogens is 3. The molecule has 0 saturated heterocycles. The quantitative estimate of drug-likeness (QED) is 0.560. The van der Waals surface area contributed by atoms with Gasteiger partial charge in [-0.05, 0) is 54.1 Å². The fourth-order valence-corrected chi connectivity index (χ4v) is 2.73. The number of nitriles is 1. The molecule has 0 spiro atoms. The Balaban J connectivity index is 2.04. The zero-order valence-corrected chi connectivity index (χ0v) is 12.5. The molecule has 0 aliphatic heterocycles. The summed E-state index contributed by atoms with van der Waals surface area (Å²) in [5.41, 5.74) is 4.83. The molecule has 0 unspecified atom stereocenters. The maximum absolute atomic E-state index is 13.3. The van der Waals surface area contributed by atoms with Gasteiger partial charge in [-0.3, -0.25) is 4.98 Å². The van der Waals surface area contributed by atoms with E-state index in [1.165, 1.54) is 12.1 Å². The van der Waals surface area contributed by atoms with Crippen molar-refractivity contribution in [2.45, 2.75) is 0 Å². The van der Waals surface area contributed by atoms with Gasteiger partial charge in [0.05, 0.1) is 11.1 Å². The number of fused-ring (bicyclic) bond motifs is 1. The highest BCUT2D eigenvalue weighted by atomic mass is 19.1. The minimum atomic E-state index is -0.292. The van der Waals surface area contributed by atoms with Crippen LogP contribution in [0.5, 0.6) is 0 Å². The van der Waals surface area contributed by atoms with Crippen LogP contribution in [0.2, 0.25) is 0 Å². The molecule has 114 valence electrons. The van der Waals surface area contributed by atoms with E-state index in [-0.39, 0.29) is 5.82 Å². The summed E-state index contributed by atoms with van der Waals surface area (Å²) in [7, 11) is 0. The molecule has 1 aromatic carbocycles. The second-order valence-electron chi connectivity index (χ2n) is 5.33. The minimum Gasteiger partial charge on any atom is -0.265 e. The van der Waals surface area contributed by atoms with Crippen molar-refractivity contribution in [3.05, 3.63) is 78.5 Å². The van der Waals surface area contributed by atoms with Gasteiger partial charge >= 0.3 is 0 Å². The van der Waals surface area contributed by atoms with Crippen LogP contribution in [0.15, 0.2) is 67.1 Å². The zero-order valence-electron chi connectivity index (χ0n) is 12.5. The number of rotatable bonds is 2. The third kappa shape index (κ3) is 2.31. The van der Waals surface area contributed by atoms with Crippen LogP contribution in [0.25, 0.3) is 27.9 Å². The van der Waals surface area contributed by atoms with Crippen LogP contribution in [-0.4, -0.2) is 14.6 Å². The van der Waals surface area contributed by atoms with E-state index in [2.05, 4.69) is 16.2 Å². The van der Waals surface area contributed by atoms with Gasteiger partial charge < -0.3 is 0 Å². The van der Waals surface area contributed by atoms with Crippen LogP contribution in [0.4, 0.5) is 4.39 Å². The molecule has 0 radical (unpaired) electrons. The van der Waals surface area contributed by atoms with E-state index in [0.29, 0.717) is 5.56 Å². The molecule has 4 aromatic rings. The lowest BCUT2D eigenvalue weighted by atomic mass is 10.0. The Morgan fingerprint density at radius 3 is 2.38 bits per heavy atom. The summed E-state index contributed by atoms with van der Waals surface area (Å²) in [6.07, 6.45) is 5.13. The average molecular weight is 314 g/mol. The lowest BCUT2D eigenvalue weighted by molar-refractivity contribution is 0.628. The third-order valence-electron chi connectivity index (χ3n) is 3.85. The fourth-order valence-electron chi connectivity index (χ4n) is 2.73. The largest absolute Gasteiger partial charge is 0.265 e. The molecule has 0 fully saturated rings. The number of nitrogens with zero attached hydrogens (tertiary/aromatic N) is 4. The SMILES string of the molecule is N#Cc1ccc2c(-c3ccncc3)c(-c3ccc(F)cc3)nn2c1. The maximum Gasteiger partial charge on any atom is 0.123 e. The monoisotopic (exact) mass is 314 g/mol. The summed E-state index contributed by atoms with van der Waals surface area (Å²) < 4.78 is 14.9. The van der Waals surface area contributed by atoms with Crippen LogP contribution < -0.4 is 0 Å². The van der Waals surface area contributed by atoms with E-state index in [4.69, 9.17) is 5.26 Å². The summed E-state index contributed by atoms with van der Waals surface area (Å²) in [5.74, 6) is -0.292. The van der Waals surface area contributed by atoms with Crippen LogP contribution >= 0.6 is 0 Å². The number of benzene rings is 1. The van der Waals surface area contributed by atoms with Crippen molar-refractivity contribution in [1.82, 2.24) is 14.6 Å². The first-order chi connectivity index (χ1) is 11.8. The molecule has 3 aromatic heterocycles. The number of hydrogen-bond acceptors (Lipinski definition) is 3. The van der Waals surface area contributed by atoms with E-state index < -0.39 is 0 Å².